The molecule has 2 aromatic rings. The molecule has 2 atom stereocenters. The molecule has 0 N–H and O–H groups in total. The molecule has 1 fully saturated rings. The molecule has 38 heavy (non-hydrogen) atoms. The van der Waals surface area contributed by atoms with Crippen molar-refractivity contribution < 1.29 is 9.59 Å². The highest BCUT2D eigenvalue weighted by Gasteiger charge is 2.53. The largest absolute Gasteiger partial charge is 0.339 e. The molecule has 3 aliphatic heterocycles. The summed E-state index contributed by atoms with van der Waals surface area (Å²) in [6, 6.07) is 15.6. The predicted octanol–water partition coefficient (Wildman–Crippen LogP) is 6.32. The Morgan fingerprint density at radius 3 is 2.18 bits per heavy atom. The zero-order valence-corrected chi connectivity index (χ0v) is 24.6. The Bertz CT molecular complexity index is 1320. The molecule has 3 heterocycles. The third-order valence-electron chi connectivity index (χ3n) is 7.72. The second kappa shape index (κ2) is 10.2. The molecule has 5 rings (SSSR count). The molecule has 2 amide bonds. The van der Waals surface area contributed by atoms with E-state index in [9.17, 15) is 9.59 Å². The first-order valence-corrected chi connectivity index (χ1v) is 14.5. The minimum Gasteiger partial charge on any atom is -0.339 e. The number of likely N-dealkylation sites (N-methyl/N-ethyl adjacent to an activating group) is 1. The third kappa shape index (κ3) is 4.52. The van der Waals surface area contributed by atoms with Gasteiger partial charge in [-0.25, -0.2) is 4.99 Å². The minimum atomic E-state index is -0.601. The van der Waals surface area contributed by atoms with Crippen LogP contribution in [0.25, 0.3) is 0 Å². The van der Waals surface area contributed by atoms with Crippen molar-refractivity contribution >= 4 is 51.9 Å². The van der Waals surface area contributed by atoms with Crippen LogP contribution in [0.4, 0.5) is 0 Å². The molecular weight excluding hydrogens is 539 g/mol. The van der Waals surface area contributed by atoms with E-state index < -0.39 is 5.54 Å². The number of hydrogen-bond donors (Lipinski definition) is 0. The number of amides is 2. The standard InChI is InChI=1S/C29H32Cl2N4O2S/c1-6-34(23-15-33(16-23)18(4)36)27(37)25-24(17(2)3)35-26(19-7-11-21(30)12-8-19)29(5,32-28(35)38-25)20-9-13-22(31)14-10-20/h7-14,17,23,26H,6,15-16H2,1-5H3. The van der Waals surface area contributed by atoms with Gasteiger partial charge in [0.1, 0.15) is 10.4 Å². The first-order valence-electron chi connectivity index (χ1n) is 12.9. The second-order valence-corrected chi connectivity index (χ2v) is 12.4. The van der Waals surface area contributed by atoms with E-state index in [2.05, 4.69) is 25.7 Å². The number of rotatable bonds is 6. The van der Waals surface area contributed by atoms with E-state index in [1.165, 1.54) is 11.8 Å². The zero-order chi connectivity index (χ0) is 27.4. The Hall–Kier alpha value is -2.48. The lowest BCUT2D eigenvalue weighted by atomic mass is 9.81. The number of fused-ring (bicyclic) bond motifs is 1. The first-order chi connectivity index (χ1) is 18.0. The summed E-state index contributed by atoms with van der Waals surface area (Å²) in [6.45, 7) is 11.7. The van der Waals surface area contributed by atoms with Gasteiger partial charge in [-0.2, -0.15) is 0 Å². The lowest BCUT2D eigenvalue weighted by molar-refractivity contribution is -0.142. The number of nitrogens with zero attached hydrogens (tertiary/aromatic N) is 4. The van der Waals surface area contributed by atoms with E-state index in [1.54, 1.807) is 11.8 Å². The average molecular weight is 572 g/mol. The van der Waals surface area contributed by atoms with Crippen LogP contribution in [0.5, 0.6) is 0 Å². The number of carbonyl (C=O) groups excluding carboxylic acids is 2. The number of amidine groups is 1. The lowest BCUT2D eigenvalue weighted by Gasteiger charge is -2.45. The van der Waals surface area contributed by atoms with Crippen LogP contribution in [0, 0.1) is 5.92 Å². The maximum absolute atomic E-state index is 14.0. The number of allylic oxidation sites excluding steroid dienone is 1. The molecule has 0 aromatic heterocycles. The molecule has 0 spiro atoms. The second-order valence-electron chi connectivity index (χ2n) is 10.5. The number of thioether (sulfide) groups is 1. The van der Waals surface area contributed by atoms with E-state index in [0.717, 1.165) is 26.9 Å². The van der Waals surface area contributed by atoms with Crippen molar-refractivity contribution in [1.82, 2.24) is 14.7 Å². The predicted molar refractivity (Wildman–Crippen MR) is 155 cm³/mol. The van der Waals surface area contributed by atoms with Crippen LogP contribution in [-0.4, -0.2) is 57.4 Å². The molecule has 6 nitrogen and oxygen atoms in total. The fourth-order valence-electron chi connectivity index (χ4n) is 5.67. The SMILES string of the molecule is CCN(C(=O)C1=C(C(C)C)N2C(=NC(C)(c3ccc(Cl)cc3)C2c2ccc(Cl)cc2)S1)C1CN(C(C)=O)C1. The quantitative estimate of drug-likeness (QED) is 0.408. The zero-order valence-electron chi connectivity index (χ0n) is 22.2. The van der Waals surface area contributed by atoms with Gasteiger partial charge < -0.3 is 14.7 Å². The Balaban J connectivity index is 1.57. The highest BCUT2D eigenvalue weighted by atomic mass is 35.5. The van der Waals surface area contributed by atoms with Crippen molar-refractivity contribution in [2.45, 2.75) is 52.2 Å². The first kappa shape index (κ1) is 27.1. The summed E-state index contributed by atoms with van der Waals surface area (Å²) < 4.78 is 0. The molecule has 2 aromatic carbocycles. The summed E-state index contributed by atoms with van der Waals surface area (Å²) >= 11 is 13.9. The third-order valence-corrected chi connectivity index (χ3v) is 9.28. The van der Waals surface area contributed by atoms with E-state index in [1.807, 2.05) is 60.4 Å². The number of carbonyl (C=O) groups is 2. The van der Waals surface area contributed by atoms with Crippen LogP contribution in [0.1, 0.15) is 51.8 Å². The van der Waals surface area contributed by atoms with Gasteiger partial charge in [-0.15, -0.1) is 0 Å². The van der Waals surface area contributed by atoms with Gasteiger partial charge in [-0.3, -0.25) is 9.59 Å². The molecule has 0 aliphatic carbocycles. The van der Waals surface area contributed by atoms with Crippen molar-refractivity contribution in [2.75, 3.05) is 19.6 Å². The van der Waals surface area contributed by atoms with Crippen LogP contribution in [0.15, 0.2) is 64.1 Å². The molecule has 3 aliphatic rings. The minimum absolute atomic E-state index is 0.00885. The van der Waals surface area contributed by atoms with Crippen molar-refractivity contribution in [3.05, 3.63) is 80.3 Å². The number of aliphatic imine (C=N–C) groups is 1. The maximum atomic E-state index is 14.0. The van der Waals surface area contributed by atoms with Crippen LogP contribution >= 0.6 is 35.0 Å². The summed E-state index contributed by atoms with van der Waals surface area (Å²) in [7, 11) is 0. The van der Waals surface area contributed by atoms with Gasteiger partial charge in [0.2, 0.25) is 5.91 Å². The Morgan fingerprint density at radius 2 is 1.66 bits per heavy atom. The molecule has 2 unspecified atom stereocenters. The number of hydrogen-bond acceptors (Lipinski definition) is 5. The van der Waals surface area contributed by atoms with Gasteiger partial charge in [-0.1, -0.05) is 61.3 Å². The van der Waals surface area contributed by atoms with Crippen molar-refractivity contribution in [3.63, 3.8) is 0 Å². The molecule has 0 bridgehead atoms. The van der Waals surface area contributed by atoms with Crippen molar-refractivity contribution in [1.29, 1.82) is 0 Å². The molecule has 200 valence electrons. The number of benzene rings is 2. The van der Waals surface area contributed by atoms with Crippen LogP contribution in [-0.2, 0) is 15.1 Å². The van der Waals surface area contributed by atoms with Gasteiger partial charge in [0.15, 0.2) is 5.17 Å². The van der Waals surface area contributed by atoms with Crippen LogP contribution in [0.3, 0.4) is 0 Å². The van der Waals surface area contributed by atoms with Gasteiger partial charge in [0.25, 0.3) is 5.91 Å². The van der Waals surface area contributed by atoms with Gasteiger partial charge in [0, 0.05) is 42.3 Å². The fourth-order valence-corrected chi connectivity index (χ4v) is 7.29. The van der Waals surface area contributed by atoms with Crippen molar-refractivity contribution in [2.24, 2.45) is 10.9 Å². The smallest absolute Gasteiger partial charge is 0.262 e. The van der Waals surface area contributed by atoms with Gasteiger partial charge >= 0.3 is 0 Å². The van der Waals surface area contributed by atoms with E-state index >= 15 is 0 Å². The normalized spacial score (nSPS) is 23.1. The summed E-state index contributed by atoms with van der Waals surface area (Å²) in [6.07, 6.45) is 0. The Labute approximate surface area is 238 Å². The van der Waals surface area contributed by atoms with E-state index in [4.69, 9.17) is 28.2 Å². The topological polar surface area (TPSA) is 56.2 Å². The summed E-state index contributed by atoms with van der Waals surface area (Å²) in [5.74, 6) is 0.143. The molecule has 1 saturated heterocycles. The number of likely N-dealkylation sites (tertiary alicyclic amines) is 1. The molecule has 0 radical (unpaired) electrons. The van der Waals surface area contributed by atoms with E-state index in [-0.39, 0.29) is 29.8 Å². The maximum Gasteiger partial charge on any atom is 0.262 e. The van der Waals surface area contributed by atoms with Crippen molar-refractivity contribution in [3.8, 4) is 0 Å². The summed E-state index contributed by atoms with van der Waals surface area (Å²) in [5, 5.41) is 2.17. The average Bonchev–Trinajstić information content (AvgIpc) is 3.34. The van der Waals surface area contributed by atoms with Gasteiger partial charge in [0.05, 0.1) is 12.1 Å². The van der Waals surface area contributed by atoms with Gasteiger partial charge in [-0.05, 0) is 66.9 Å². The highest BCUT2D eigenvalue weighted by molar-refractivity contribution is 8.18. The number of halogens is 2. The van der Waals surface area contributed by atoms with E-state index in [0.29, 0.717) is 29.7 Å². The van der Waals surface area contributed by atoms with Crippen LogP contribution < -0.4 is 0 Å². The summed E-state index contributed by atoms with van der Waals surface area (Å²) in [4.78, 5) is 37.7. The highest BCUT2D eigenvalue weighted by Crippen LogP contribution is 2.56. The molecular formula is C29H32Cl2N4O2S. The summed E-state index contributed by atoms with van der Waals surface area (Å²) in [5.41, 5.74) is 2.50. The monoisotopic (exact) mass is 570 g/mol. The Kier molecular flexibility index (Phi) is 7.31. The van der Waals surface area contributed by atoms with Crippen LogP contribution in [0.2, 0.25) is 10.0 Å². The molecule has 9 heteroatoms. The Morgan fingerprint density at radius 1 is 1.08 bits per heavy atom. The molecule has 0 saturated carbocycles. The fraction of sp³-hybridized carbons (Fsp3) is 0.414. The lowest BCUT2D eigenvalue weighted by Crippen LogP contribution is -2.62.